The number of aliphatic carboxylic acids is 1. The molecule has 0 aromatic heterocycles. The Kier molecular flexibility index (Phi) is 5.71. The van der Waals surface area contributed by atoms with Crippen molar-refractivity contribution in [2.45, 2.75) is 18.6 Å². The topological polar surface area (TPSA) is 75.6 Å². The molecule has 110 valence electrons. The van der Waals surface area contributed by atoms with E-state index in [2.05, 4.69) is 5.32 Å². The molecule has 0 atom stereocenters. The average molecular weight is 318 g/mol. The first-order valence-corrected chi connectivity index (χ1v) is 7.13. The van der Waals surface area contributed by atoms with Gasteiger partial charge in [0, 0.05) is 5.69 Å². The first-order valence-electron chi connectivity index (χ1n) is 5.77. The summed E-state index contributed by atoms with van der Waals surface area (Å²) in [5.41, 5.74) is 0.537. The Morgan fingerprint density at radius 3 is 2.60 bits per heavy atom. The first-order chi connectivity index (χ1) is 9.26. The van der Waals surface area contributed by atoms with Gasteiger partial charge < -0.3 is 15.2 Å². The van der Waals surface area contributed by atoms with Crippen LogP contribution in [-0.4, -0.2) is 34.6 Å². The average Bonchev–Trinajstić information content (AvgIpc) is 2.36. The molecule has 0 bridgehead atoms. The SMILES string of the molecule is COc1ccc(NC(=O)CSC(C)(C)C(=O)O)cc1Cl. The number of hydrogen-bond donors (Lipinski definition) is 2. The van der Waals surface area contributed by atoms with Crippen LogP contribution in [0.1, 0.15) is 13.8 Å². The zero-order valence-electron chi connectivity index (χ0n) is 11.4. The molecule has 0 aliphatic rings. The number of benzene rings is 1. The van der Waals surface area contributed by atoms with Crippen molar-refractivity contribution in [2.24, 2.45) is 0 Å². The maximum Gasteiger partial charge on any atom is 0.319 e. The Morgan fingerprint density at radius 1 is 1.45 bits per heavy atom. The number of nitrogens with one attached hydrogen (secondary N) is 1. The van der Waals surface area contributed by atoms with Crippen LogP contribution in [-0.2, 0) is 9.59 Å². The minimum absolute atomic E-state index is 0.0446. The molecule has 1 rings (SSSR count). The Labute approximate surface area is 126 Å². The maximum atomic E-state index is 11.7. The van der Waals surface area contributed by atoms with Crippen LogP contribution in [0.3, 0.4) is 0 Å². The van der Waals surface area contributed by atoms with Gasteiger partial charge in [-0.1, -0.05) is 11.6 Å². The summed E-state index contributed by atoms with van der Waals surface area (Å²) in [6, 6.07) is 4.88. The highest BCUT2D eigenvalue weighted by atomic mass is 35.5. The van der Waals surface area contributed by atoms with Gasteiger partial charge in [-0.15, -0.1) is 11.8 Å². The molecule has 0 fully saturated rings. The zero-order chi connectivity index (χ0) is 15.3. The number of amides is 1. The van der Waals surface area contributed by atoms with E-state index in [1.807, 2.05) is 0 Å². The van der Waals surface area contributed by atoms with Crippen LogP contribution in [0, 0.1) is 0 Å². The lowest BCUT2D eigenvalue weighted by molar-refractivity contribution is -0.138. The molecular weight excluding hydrogens is 302 g/mol. The van der Waals surface area contributed by atoms with E-state index in [9.17, 15) is 9.59 Å². The Bertz CT molecular complexity index is 519. The number of thioether (sulfide) groups is 1. The largest absolute Gasteiger partial charge is 0.495 e. The summed E-state index contributed by atoms with van der Waals surface area (Å²) in [7, 11) is 1.50. The predicted molar refractivity (Wildman–Crippen MR) is 80.8 cm³/mol. The van der Waals surface area contributed by atoms with Crippen molar-refractivity contribution in [3.8, 4) is 5.75 Å². The molecule has 1 aromatic carbocycles. The normalized spacial score (nSPS) is 11.0. The van der Waals surface area contributed by atoms with Gasteiger partial charge in [0.15, 0.2) is 0 Å². The number of carboxylic acid groups (broad SMARTS) is 1. The van der Waals surface area contributed by atoms with Crippen LogP contribution < -0.4 is 10.1 Å². The lowest BCUT2D eigenvalue weighted by Crippen LogP contribution is -2.29. The monoisotopic (exact) mass is 317 g/mol. The van der Waals surface area contributed by atoms with Gasteiger partial charge in [0.1, 0.15) is 10.5 Å². The molecule has 0 aliphatic carbocycles. The Balaban J connectivity index is 2.59. The molecule has 0 spiro atoms. The minimum Gasteiger partial charge on any atom is -0.495 e. The van der Waals surface area contributed by atoms with Crippen LogP contribution in [0.25, 0.3) is 0 Å². The van der Waals surface area contributed by atoms with E-state index in [1.165, 1.54) is 7.11 Å². The molecule has 1 aromatic rings. The van der Waals surface area contributed by atoms with E-state index in [0.29, 0.717) is 16.5 Å². The third kappa shape index (κ3) is 4.61. The second-order valence-electron chi connectivity index (χ2n) is 4.50. The van der Waals surface area contributed by atoms with Crippen LogP contribution in [0.15, 0.2) is 18.2 Å². The van der Waals surface area contributed by atoms with Crippen LogP contribution in [0.4, 0.5) is 5.69 Å². The van der Waals surface area contributed by atoms with Gasteiger partial charge in [-0.05, 0) is 32.0 Å². The number of halogens is 1. The van der Waals surface area contributed by atoms with Gasteiger partial charge in [0.25, 0.3) is 0 Å². The number of carbonyl (C=O) groups excluding carboxylic acids is 1. The fourth-order valence-corrected chi connectivity index (χ4v) is 2.19. The van der Waals surface area contributed by atoms with E-state index in [0.717, 1.165) is 11.8 Å². The predicted octanol–water partition coefficient (Wildman–Crippen LogP) is 2.88. The van der Waals surface area contributed by atoms with Crippen LogP contribution >= 0.6 is 23.4 Å². The molecule has 5 nitrogen and oxygen atoms in total. The molecule has 0 radical (unpaired) electrons. The smallest absolute Gasteiger partial charge is 0.319 e. The molecule has 0 saturated heterocycles. The lowest BCUT2D eigenvalue weighted by atomic mass is 10.2. The van der Waals surface area contributed by atoms with Crippen molar-refractivity contribution < 1.29 is 19.4 Å². The van der Waals surface area contributed by atoms with Crippen LogP contribution in [0.2, 0.25) is 5.02 Å². The first kappa shape index (κ1) is 16.7. The van der Waals surface area contributed by atoms with Gasteiger partial charge in [-0.25, -0.2) is 0 Å². The molecule has 0 heterocycles. The second kappa shape index (κ2) is 6.85. The molecule has 20 heavy (non-hydrogen) atoms. The van der Waals surface area contributed by atoms with Crippen molar-refractivity contribution >= 4 is 40.9 Å². The van der Waals surface area contributed by atoms with Crippen molar-refractivity contribution in [3.63, 3.8) is 0 Å². The van der Waals surface area contributed by atoms with Crippen molar-refractivity contribution in [1.82, 2.24) is 0 Å². The zero-order valence-corrected chi connectivity index (χ0v) is 13.0. The van der Waals surface area contributed by atoms with Gasteiger partial charge >= 0.3 is 5.97 Å². The number of anilines is 1. The van der Waals surface area contributed by atoms with Crippen molar-refractivity contribution in [1.29, 1.82) is 0 Å². The highest BCUT2D eigenvalue weighted by Crippen LogP contribution is 2.28. The third-order valence-corrected chi connectivity index (χ3v) is 4.11. The number of methoxy groups -OCH3 is 1. The molecule has 0 saturated carbocycles. The Hall–Kier alpha value is -1.40. The fourth-order valence-electron chi connectivity index (χ4n) is 1.25. The van der Waals surface area contributed by atoms with Crippen LogP contribution in [0.5, 0.6) is 5.75 Å². The van der Waals surface area contributed by atoms with E-state index in [4.69, 9.17) is 21.4 Å². The summed E-state index contributed by atoms with van der Waals surface area (Å²) >= 11 is 7.00. The maximum absolute atomic E-state index is 11.7. The third-order valence-electron chi connectivity index (χ3n) is 2.51. The highest BCUT2D eigenvalue weighted by Gasteiger charge is 2.28. The van der Waals surface area contributed by atoms with Crippen molar-refractivity contribution in [2.75, 3.05) is 18.2 Å². The Morgan fingerprint density at radius 2 is 2.10 bits per heavy atom. The highest BCUT2D eigenvalue weighted by molar-refractivity contribution is 8.02. The van der Waals surface area contributed by atoms with Gasteiger partial charge in [-0.3, -0.25) is 9.59 Å². The van der Waals surface area contributed by atoms with E-state index >= 15 is 0 Å². The van der Waals surface area contributed by atoms with E-state index in [1.54, 1.807) is 32.0 Å². The summed E-state index contributed by atoms with van der Waals surface area (Å²) in [4.78, 5) is 22.7. The second-order valence-corrected chi connectivity index (χ2v) is 6.51. The summed E-state index contributed by atoms with van der Waals surface area (Å²) in [6.07, 6.45) is 0. The summed E-state index contributed by atoms with van der Waals surface area (Å²) in [5.74, 6) is -0.678. The number of hydrogen-bond acceptors (Lipinski definition) is 4. The lowest BCUT2D eigenvalue weighted by Gasteiger charge is -2.17. The number of carbonyl (C=O) groups is 2. The fraction of sp³-hybridized carbons (Fsp3) is 0.385. The number of rotatable bonds is 6. The number of ether oxygens (including phenoxy) is 1. The molecule has 0 aliphatic heterocycles. The van der Waals surface area contributed by atoms with Gasteiger partial charge in [0.05, 0.1) is 17.9 Å². The number of carboxylic acids is 1. The molecule has 7 heteroatoms. The van der Waals surface area contributed by atoms with E-state index < -0.39 is 10.7 Å². The summed E-state index contributed by atoms with van der Waals surface area (Å²) < 4.78 is 4.00. The van der Waals surface area contributed by atoms with E-state index in [-0.39, 0.29) is 11.7 Å². The quantitative estimate of drug-likeness (QED) is 0.843. The minimum atomic E-state index is -1.01. The van der Waals surface area contributed by atoms with Crippen molar-refractivity contribution in [3.05, 3.63) is 23.2 Å². The molecule has 2 N–H and O–H groups in total. The molecule has 0 unspecified atom stereocenters. The van der Waals surface area contributed by atoms with Gasteiger partial charge in [0.2, 0.25) is 5.91 Å². The van der Waals surface area contributed by atoms with Gasteiger partial charge in [-0.2, -0.15) is 0 Å². The summed E-state index contributed by atoms with van der Waals surface area (Å²) in [6.45, 7) is 3.11. The standard InChI is InChI=1S/C13H16ClNO4S/c1-13(2,12(17)18)20-7-11(16)15-8-4-5-10(19-3)9(14)6-8/h4-6H,7H2,1-3H3,(H,15,16)(H,17,18). The molecular formula is C13H16ClNO4S. The summed E-state index contributed by atoms with van der Waals surface area (Å²) in [5, 5.41) is 12.0. The molecule has 1 amide bonds.